The van der Waals surface area contributed by atoms with Gasteiger partial charge in [-0.05, 0) is 24.5 Å². The predicted molar refractivity (Wildman–Crippen MR) is 79.2 cm³/mol. The number of amides is 1. The molecule has 1 saturated carbocycles. The van der Waals surface area contributed by atoms with E-state index in [1.54, 1.807) is 0 Å². The topological polar surface area (TPSA) is 63.2 Å². The van der Waals surface area contributed by atoms with Crippen molar-refractivity contribution >= 4 is 48.8 Å². The molecule has 2 rings (SSSR count). The Kier molecular flexibility index (Phi) is 4.54. The number of hydrogen-bond acceptors (Lipinski definition) is 3. The van der Waals surface area contributed by atoms with Crippen LogP contribution in [0.15, 0.2) is 17.0 Å². The van der Waals surface area contributed by atoms with Crippen molar-refractivity contribution in [3.63, 3.8) is 0 Å². The maximum atomic E-state index is 12.1. The summed E-state index contributed by atoms with van der Waals surface area (Å²) in [4.78, 5) is 11.9. The number of carbonyl (C=O) groups is 1. The van der Waals surface area contributed by atoms with E-state index in [2.05, 4.69) is 5.32 Å². The lowest BCUT2D eigenvalue weighted by molar-refractivity contribution is 0.0949. The Hall–Kier alpha value is -0.490. The fourth-order valence-electron chi connectivity index (χ4n) is 1.99. The molecule has 1 aromatic carbocycles. The van der Waals surface area contributed by atoms with Gasteiger partial charge in [-0.25, -0.2) is 8.42 Å². The number of nitrogens with one attached hydrogen (secondary N) is 1. The highest BCUT2D eigenvalue weighted by Crippen LogP contribution is 2.35. The monoisotopic (exact) mass is 355 g/mol. The van der Waals surface area contributed by atoms with Gasteiger partial charge in [0, 0.05) is 16.7 Å². The smallest absolute Gasteiger partial charge is 0.261 e. The standard InChI is InChI=1S/C12H12Cl3NO3S/c1-2-6-3-10(6)16-12(17)8-4-7(20(15,18)19)5-9(13)11(8)14/h4-6,10H,2-3H2,1H3,(H,16,17). The summed E-state index contributed by atoms with van der Waals surface area (Å²) in [5.41, 5.74) is 0.0140. The van der Waals surface area contributed by atoms with Crippen molar-refractivity contribution < 1.29 is 13.2 Å². The first-order valence-corrected chi connectivity index (χ1v) is 9.05. The lowest BCUT2D eigenvalue weighted by Crippen LogP contribution is -2.27. The maximum absolute atomic E-state index is 12.1. The number of benzene rings is 1. The van der Waals surface area contributed by atoms with Gasteiger partial charge >= 0.3 is 0 Å². The molecule has 1 aromatic rings. The Balaban J connectivity index is 2.31. The van der Waals surface area contributed by atoms with E-state index in [4.69, 9.17) is 33.9 Å². The zero-order chi connectivity index (χ0) is 15.1. The number of halogens is 3. The van der Waals surface area contributed by atoms with Crippen LogP contribution in [-0.4, -0.2) is 20.4 Å². The van der Waals surface area contributed by atoms with Crippen LogP contribution in [0.5, 0.6) is 0 Å². The third-order valence-electron chi connectivity index (χ3n) is 3.29. The van der Waals surface area contributed by atoms with Gasteiger partial charge in [0.05, 0.1) is 20.5 Å². The van der Waals surface area contributed by atoms with Crippen LogP contribution in [0.3, 0.4) is 0 Å². The minimum absolute atomic E-state index is 0.0140. The second-order valence-electron chi connectivity index (χ2n) is 4.69. The fraction of sp³-hybridized carbons (Fsp3) is 0.417. The molecule has 8 heteroatoms. The first-order chi connectivity index (χ1) is 9.24. The van der Waals surface area contributed by atoms with E-state index in [1.807, 2.05) is 6.92 Å². The zero-order valence-corrected chi connectivity index (χ0v) is 13.6. The molecule has 1 aliphatic carbocycles. The highest BCUT2D eigenvalue weighted by Gasteiger charge is 2.37. The summed E-state index contributed by atoms with van der Waals surface area (Å²) in [6, 6.07) is 2.36. The molecule has 0 heterocycles. The molecule has 0 aromatic heterocycles. The average Bonchev–Trinajstić information content (AvgIpc) is 3.09. The molecular formula is C12H12Cl3NO3S. The average molecular weight is 357 g/mol. The van der Waals surface area contributed by atoms with E-state index < -0.39 is 15.0 Å². The molecule has 20 heavy (non-hydrogen) atoms. The van der Waals surface area contributed by atoms with Gasteiger partial charge in [-0.3, -0.25) is 4.79 Å². The summed E-state index contributed by atoms with van der Waals surface area (Å²) < 4.78 is 22.7. The van der Waals surface area contributed by atoms with Crippen molar-refractivity contribution in [1.82, 2.24) is 5.32 Å². The first-order valence-electron chi connectivity index (χ1n) is 5.98. The van der Waals surface area contributed by atoms with Gasteiger partial charge in [0.1, 0.15) is 0 Å². The summed E-state index contributed by atoms with van der Waals surface area (Å²) in [5, 5.41) is 2.79. The summed E-state index contributed by atoms with van der Waals surface area (Å²) in [6.45, 7) is 2.04. The largest absolute Gasteiger partial charge is 0.349 e. The zero-order valence-electron chi connectivity index (χ0n) is 10.5. The van der Waals surface area contributed by atoms with Crippen LogP contribution < -0.4 is 5.32 Å². The molecular weight excluding hydrogens is 345 g/mol. The van der Waals surface area contributed by atoms with Crippen molar-refractivity contribution in [1.29, 1.82) is 0 Å². The minimum Gasteiger partial charge on any atom is -0.349 e. The summed E-state index contributed by atoms with van der Waals surface area (Å²) in [5.74, 6) is 0.0214. The van der Waals surface area contributed by atoms with E-state index in [0.717, 1.165) is 25.0 Å². The van der Waals surface area contributed by atoms with Crippen molar-refractivity contribution in [3.05, 3.63) is 27.7 Å². The molecule has 4 nitrogen and oxygen atoms in total. The third-order valence-corrected chi connectivity index (χ3v) is 5.43. The highest BCUT2D eigenvalue weighted by atomic mass is 35.7. The normalized spacial score (nSPS) is 21.6. The third kappa shape index (κ3) is 3.39. The summed E-state index contributed by atoms with van der Waals surface area (Å²) in [6.07, 6.45) is 1.90. The molecule has 2 unspecified atom stereocenters. The van der Waals surface area contributed by atoms with Gasteiger partial charge in [-0.2, -0.15) is 0 Å². The van der Waals surface area contributed by atoms with Gasteiger partial charge in [-0.15, -0.1) is 0 Å². The molecule has 0 bridgehead atoms. The molecule has 0 radical (unpaired) electrons. The lowest BCUT2D eigenvalue weighted by Gasteiger charge is -2.09. The van der Waals surface area contributed by atoms with Crippen LogP contribution in [0, 0.1) is 5.92 Å². The van der Waals surface area contributed by atoms with E-state index in [0.29, 0.717) is 5.92 Å². The molecule has 1 amide bonds. The second-order valence-corrected chi connectivity index (χ2v) is 8.04. The Labute approximate surface area is 131 Å². The van der Waals surface area contributed by atoms with Gasteiger partial charge in [0.2, 0.25) is 0 Å². The molecule has 0 spiro atoms. The number of carbonyl (C=O) groups excluding carboxylic acids is 1. The molecule has 110 valence electrons. The van der Waals surface area contributed by atoms with Gasteiger partial charge in [0.15, 0.2) is 0 Å². The van der Waals surface area contributed by atoms with Crippen molar-refractivity contribution in [2.24, 2.45) is 5.92 Å². The highest BCUT2D eigenvalue weighted by molar-refractivity contribution is 8.13. The van der Waals surface area contributed by atoms with Crippen molar-refractivity contribution in [2.45, 2.75) is 30.7 Å². The van der Waals surface area contributed by atoms with Crippen molar-refractivity contribution in [3.8, 4) is 0 Å². The quantitative estimate of drug-likeness (QED) is 0.840. The van der Waals surface area contributed by atoms with E-state index in [-0.39, 0.29) is 26.5 Å². The fourth-order valence-corrected chi connectivity index (χ4v) is 3.26. The van der Waals surface area contributed by atoms with Crippen LogP contribution in [0.4, 0.5) is 0 Å². The SMILES string of the molecule is CCC1CC1NC(=O)c1cc(S(=O)(=O)Cl)cc(Cl)c1Cl. The molecule has 1 aliphatic rings. The van der Waals surface area contributed by atoms with Crippen LogP contribution in [-0.2, 0) is 9.05 Å². The van der Waals surface area contributed by atoms with E-state index in [1.165, 1.54) is 0 Å². The predicted octanol–water partition coefficient (Wildman–Crippen LogP) is 3.45. The van der Waals surface area contributed by atoms with Crippen LogP contribution in [0.1, 0.15) is 30.1 Å². The molecule has 2 atom stereocenters. The summed E-state index contributed by atoms with van der Waals surface area (Å²) in [7, 11) is 1.28. The van der Waals surface area contributed by atoms with Crippen LogP contribution in [0.2, 0.25) is 10.0 Å². The van der Waals surface area contributed by atoms with Gasteiger partial charge in [-0.1, -0.05) is 36.5 Å². The van der Waals surface area contributed by atoms with Crippen molar-refractivity contribution in [2.75, 3.05) is 0 Å². The van der Waals surface area contributed by atoms with Crippen LogP contribution >= 0.6 is 33.9 Å². The Bertz CT molecular complexity index is 660. The molecule has 1 N–H and O–H groups in total. The first kappa shape index (κ1) is 15.9. The molecule has 1 fully saturated rings. The van der Waals surface area contributed by atoms with Gasteiger partial charge < -0.3 is 5.32 Å². The Morgan fingerprint density at radius 3 is 2.55 bits per heavy atom. The minimum atomic E-state index is -3.98. The maximum Gasteiger partial charge on any atom is 0.261 e. The van der Waals surface area contributed by atoms with Gasteiger partial charge in [0.25, 0.3) is 15.0 Å². The number of hydrogen-bond donors (Lipinski definition) is 1. The Morgan fingerprint density at radius 1 is 1.40 bits per heavy atom. The summed E-state index contributed by atoms with van der Waals surface area (Å²) >= 11 is 11.8. The number of rotatable bonds is 4. The van der Waals surface area contributed by atoms with E-state index >= 15 is 0 Å². The molecule has 0 aliphatic heterocycles. The second kappa shape index (κ2) is 5.72. The van der Waals surface area contributed by atoms with Crippen LogP contribution in [0.25, 0.3) is 0 Å². The Morgan fingerprint density at radius 2 is 2.05 bits per heavy atom. The molecule has 0 saturated heterocycles. The van der Waals surface area contributed by atoms with E-state index in [9.17, 15) is 13.2 Å². The lowest BCUT2D eigenvalue weighted by atomic mass is 10.2.